The molecule has 0 unspecified atom stereocenters. The fraction of sp³-hybridized carbons (Fsp3) is 0.438. The number of nitrogens with one attached hydrogen (secondary N) is 2. The predicted molar refractivity (Wildman–Crippen MR) is 80.3 cm³/mol. The van der Waals surface area contributed by atoms with Crippen molar-refractivity contribution < 1.29 is 9.53 Å². The number of carbonyl (C=O) groups is 1. The third kappa shape index (κ3) is 6.81. The van der Waals surface area contributed by atoms with Crippen LogP contribution in [0.3, 0.4) is 0 Å². The lowest BCUT2D eigenvalue weighted by atomic mass is 10.1. The van der Waals surface area contributed by atoms with Crippen molar-refractivity contribution in [3.05, 3.63) is 35.4 Å². The van der Waals surface area contributed by atoms with E-state index in [2.05, 4.69) is 22.5 Å². The summed E-state index contributed by atoms with van der Waals surface area (Å²) in [6.07, 6.45) is -0.448. The molecular weight excluding hydrogens is 252 g/mol. The molecule has 1 aromatic rings. The number of benzene rings is 1. The number of hydrogen-bond donors (Lipinski definition) is 2. The van der Waals surface area contributed by atoms with Gasteiger partial charge >= 0.3 is 6.09 Å². The molecule has 0 atom stereocenters. The highest BCUT2D eigenvalue weighted by Gasteiger charge is 2.14. The standard InChI is InChI=1S/C16H22N2O2/c1-16(2,3)20-15(19)18-11-5-6-13-7-9-14(10-8-13)12-17-4/h7-10,17H,11-12H2,1-4H3,(H,18,19). The van der Waals surface area contributed by atoms with Gasteiger partial charge in [0.15, 0.2) is 0 Å². The Balaban J connectivity index is 2.41. The van der Waals surface area contributed by atoms with Crippen LogP contribution in [0.25, 0.3) is 0 Å². The van der Waals surface area contributed by atoms with Crippen molar-refractivity contribution in [2.75, 3.05) is 13.6 Å². The van der Waals surface area contributed by atoms with E-state index in [1.165, 1.54) is 5.56 Å². The molecule has 0 bridgehead atoms. The van der Waals surface area contributed by atoms with E-state index in [1.807, 2.05) is 52.1 Å². The van der Waals surface area contributed by atoms with Gasteiger partial charge in [0.1, 0.15) is 5.60 Å². The summed E-state index contributed by atoms with van der Waals surface area (Å²) >= 11 is 0. The molecule has 1 rings (SSSR count). The summed E-state index contributed by atoms with van der Waals surface area (Å²) in [5, 5.41) is 5.69. The molecule has 1 amide bonds. The van der Waals surface area contributed by atoms with Crippen LogP contribution in [0.1, 0.15) is 31.9 Å². The van der Waals surface area contributed by atoms with Crippen LogP contribution in [0.5, 0.6) is 0 Å². The summed E-state index contributed by atoms with van der Waals surface area (Å²) < 4.78 is 5.11. The van der Waals surface area contributed by atoms with Gasteiger partial charge in [-0.2, -0.15) is 0 Å². The van der Waals surface area contributed by atoms with E-state index >= 15 is 0 Å². The minimum Gasteiger partial charge on any atom is -0.444 e. The Hall–Kier alpha value is -1.99. The number of hydrogen-bond acceptors (Lipinski definition) is 3. The summed E-state index contributed by atoms with van der Waals surface area (Å²) in [6.45, 7) is 6.59. The molecule has 20 heavy (non-hydrogen) atoms. The van der Waals surface area contributed by atoms with Gasteiger partial charge < -0.3 is 15.4 Å². The molecule has 0 aliphatic carbocycles. The van der Waals surface area contributed by atoms with E-state index in [0.29, 0.717) is 0 Å². The lowest BCUT2D eigenvalue weighted by Crippen LogP contribution is -2.32. The van der Waals surface area contributed by atoms with Gasteiger partial charge in [0.05, 0.1) is 6.54 Å². The summed E-state index contributed by atoms with van der Waals surface area (Å²) in [5.41, 5.74) is 1.65. The molecule has 2 N–H and O–H groups in total. The summed E-state index contributed by atoms with van der Waals surface area (Å²) in [4.78, 5) is 11.4. The lowest BCUT2D eigenvalue weighted by Gasteiger charge is -2.18. The second-order valence-electron chi connectivity index (χ2n) is 5.38. The summed E-state index contributed by atoms with van der Waals surface area (Å²) in [5.74, 6) is 5.88. The van der Waals surface area contributed by atoms with Gasteiger partial charge in [-0.1, -0.05) is 24.0 Å². The first-order chi connectivity index (χ1) is 9.40. The van der Waals surface area contributed by atoms with E-state index in [0.717, 1.165) is 12.1 Å². The molecule has 0 aliphatic heterocycles. The van der Waals surface area contributed by atoms with E-state index in [9.17, 15) is 4.79 Å². The Labute approximate surface area is 120 Å². The first-order valence-corrected chi connectivity index (χ1v) is 6.60. The second kappa shape index (κ2) is 7.56. The SMILES string of the molecule is CNCc1ccc(C#CCNC(=O)OC(C)(C)C)cc1. The Bertz CT molecular complexity index is 490. The van der Waals surface area contributed by atoms with Crippen molar-refractivity contribution in [3.8, 4) is 11.8 Å². The smallest absolute Gasteiger partial charge is 0.408 e. The number of rotatable bonds is 3. The van der Waals surface area contributed by atoms with E-state index in [4.69, 9.17) is 4.74 Å². The Morgan fingerprint density at radius 3 is 2.45 bits per heavy atom. The monoisotopic (exact) mass is 274 g/mol. The zero-order valence-electron chi connectivity index (χ0n) is 12.5. The van der Waals surface area contributed by atoms with Gasteiger partial charge in [-0.25, -0.2) is 4.79 Å². The molecule has 0 spiro atoms. The fourth-order valence-corrected chi connectivity index (χ4v) is 1.49. The Morgan fingerprint density at radius 2 is 1.90 bits per heavy atom. The number of ether oxygens (including phenoxy) is 1. The van der Waals surface area contributed by atoms with Crippen molar-refractivity contribution in [1.82, 2.24) is 10.6 Å². The van der Waals surface area contributed by atoms with Crippen LogP contribution in [0.4, 0.5) is 4.79 Å². The first-order valence-electron chi connectivity index (χ1n) is 6.60. The Morgan fingerprint density at radius 1 is 1.25 bits per heavy atom. The molecule has 0 saturated carbocycles. The quantitative estimate of drug-likeness (QED) is 0.831. The van der Waals surface area contributed by atoms with Gasteiger partial charge in [0.25, 0.3) is 0 Å². The molecule has 0 heterocycles. The van der Waals surface area contributed by atoms with E-state index in [-0.39, 0.29) is 6.54 Å². The number of carbonyl (C=O) groups excluding carboxylic acids is 1. The van der Waals surface area contributed by atoms with Gasteiger partial charge in [-0.05, 0) is 45.5 Å². The number of alkyl carbamates (subject to hydrolysis) is 1. The predicted octanol–water partition coefficient (Wildman–Crippen LogP) is 2.28. The highest BCUT2D eigenvalue weighted by molar-refractivity contribution is 5.68. The van der Waals surface area contributed by atoms with Crippen LogP contribution in [0.2, 0.25) is 0 Å². The van der Waals surface area contributed by atoms with Crippen molar-refractivity contribution >= 4 is 6.09 Å². The minimum absolute atomic E-state index is 0.271. The van der Waals surface area contributed by atoms with Crippen molar-refractivity contribution in [2.24, 2.45) is 0 Å². The van der Waals surface area contributed by atoms with E-state index < -0.39 is 11.7 Å². The maximum atomic E-state index is 11.4. The van der Waals surface area contributed by atoms with Gasteiger partial charge in [-0.15, -0.1) is 0 Å². The topological polar surface area (TPSA) is 50.4 Å². The van der Waals surface area contributed by atoms with E-state index in [1.54, 1.807) is 0 Å². The molecule has 4 heteroatoms. The van der Waals surface area contributed by atoms with Crippen molar-refractivity contribution in [1.29, 1.82) is 0 Å². The lowest BCUT2D eigenvalue weighted by molar-refractivity contribution is 0.0535. The van der Waals surface area contributed by atoms with Crippen LogP contribution in [0, 0.1) is 11.8 Å². The Kier molecular flexibility index (Phi) is 6.08. The summed E-state index contributed by atoms with van der Waals surface area (Å²) in [7, 11) is 1.91. The summed E-state index contributed by atoms with van der Waals surface area (Å²) in [6, 6.07) is 7.99. The third-order valence-electron chi connectivity index (χ3n) is 2.29. The van der Waals surface area contributed by atoms with Gasteiger partial charge in [0, 0.05) is 12.1 Å². The van der Waals surface area contributed by atoms with Crippen molar-refractivity contribution in [2.45, 2.75) is 32.9 Å². The molecule has 0 aromatic heterocycles. The number of amides is 1. The second-order valence-corrected chi connectivity index (χ2v) is 5.38. The zero-order chi connectivity index (χ0) is 15.0. The molecule has 0 radical (unpaired) electrons. The van der Waals surface area contributed by atoms with Crippen LogP contribution >= 0.6 is 0 Å². The molecule has 1 aromatic carbocycles. The van der Waals surface area contributed by atoms with Crippen molar-refractivity contribution in [3.63, 3.8) is 0 Å². The largest absolute Gasteiger partial charge is 0.444 e. The third-order valence-corrected chi connectivity index (χ3v) is 2.29. The average Bonchev–Trinajstić information content (AvgIpc) is 2.35. The normalized spacial score (nSPS) is 10.4. The maximum absolute atomic E-state index is 11.4. The minimum atomic E-state index is -0.485. The van der Waals surface area contributed by atoms with Crippen LogP contribution in [0.15, 0.2) is 24.3 Å². The van der Waals surface area contributed by atoms with Gasteiger partial charge in [0.2, 0.25) is 0 Å². The van der Waals surface area contributed by atoms with Crippen LogP contribution in [-0.4, -0.2) is 25.3 Å². The first kappa shape index (κ1) is 16.1. The molecule has 108 valence electrons. The molecule has 0 aliphatic rings. The molecule has 4 nitrogen and oxygen atoms in total. The molecule has 0 saturated heterocycles. The highest BCUT2D eigenvalue weighted by Crippen LogP contribution is 2.06. The maximum Gasteiger partial charge on any atom is 0.408 e. The highest BCUT2D eigenvalue weighted by atomic mass is 16.6. The zero-order valence-corrected chi connectivity index (χ0v) is 12.5. The molecular formula is C16H22N2O2. The van der Waals surface area contributed by atoms with Crippen LogP contribution < -0.4 is 10.6 Å². The average molecular weight is 274 g/mol. The van der Waals surface area contributed by atoms with Gasteiger partial charge in [-0.3, -0.25) is 0 Å². The fourth-order valence-electron chi connectivity index (χ4n) is 1.49. The van der Waals surface area contributed by atoms with Crippen LogP contribution in [-0.2, 0) is 11.3 Å². The molecule has 0 fully saturated rings.